The summed E-state index contributed by atoms with van der Waals surface area (Å²) in [5.41, 5.74) is 4.39. The molecule has 2 N–H and O–H groups in total. The highest BCUT2D eigenvalue weighted by Gasteiger charge is 2.13. The third-order valence-electron chi connectivity index (χ3n) is 4.76. The molecule has 0 aliphatic rings. The second-order valence-corrected chi connectivity index (χ2v) is 6.85. The average Bonchev–Trinajstić information content (AvgIpc) is 2.94. The number of nitrogens with one attached hydrogen (secondary N) is 2. The molecule has 2 aromatic carbocycles. The van der Waals surface area contributed by atoms with E-state index in [9.17, 15) is 9.18 Å². The van der Waals surface area contributed by atoms with Gasteiger partial charge in [-0.05, 0) is 50.6 Å². The van der Waals surface area contributed by atoms with Gasteiger partial charge in [0.1, 0.15) is 5.82 Å². The quantitative estimate of drug-likeness (QED) is 0.522. The Morgan fingerprint density at radius 2 is 1.86 bits per heavy atom. The predicted molar refractivity (Wildman–Crippen MR) is 112 cm³/mol. The summed E-state index contributed by atoms with van der Waals surface area (Å²) in [6.07, 6.45) is 0. The van der Waals surface area contributed by atoms with Crippen molar-refractivity contribution in [3.05, 3.63) is 82.4 Å². The van der Waals surface area contributed by atoms with Gasteiger partial charge >= 0.3 is 0 Å². The van der Waals surface area contributed by atoms with Crippen LogP contribution < -0.4 is 10.6 Å². The van der Waals surface area contributed by atoms with Gasteiger partial charge in [-0.1, -0.05) is 24.3 Å². The smallest absolute Gasteiger partial charge is 0.258 e. The molecule has 1 amide bonds. The number of carbonyl (C=O) groups is 1. The minimum atomic E-state index is -0.439. The molecular formula is C22H24FN5O. The van der Waals surface area contributed by atoms with Gasteiger partial charge in [0.15, 0.2) is 0 Å². The fourth-order valence-corrected chi connectivity index (χ4v) is 2.89. The number of hydrogen-bond acceptors (Lipinski definition) is 3. The molecule has 0 unspecified atom stereocenters. The summed E-state index contributed by atoms with van der Waals surface area (Å²) < 4.78 is 15.7. The first-order chi connectivity index (χ1) is 13.8. The Morgan fingerprint density at radius 3 is 2.48 bits per heavy atom. The molecular weight excluding hydrogens is 369 g/mol. The zero-order valence-corrected chi connectivity index (χ0v) is 17.0. The maximum absolute atomic E-state index is 13.8. The van der Waals surface area contributed by atoms with Crippen molar-refractivity contribution in [2.24, 2.45) is 12.0 Å². The topological polar surface area (TPSA) is 71.3 Å². The van der Waals surface area contributed by atoms with Gasteiger partial charge in [-0.3, -0.25) is 14.8 Å². The molecule has 3 aromatic rings. The van der Waals surface area contributed by atoms with Crippen LogP contribution in [0.2, 0.25) is 0 Å². The molecule has 7 heteroatoms. The van der Waals surface area contributed by atoms with Crippen LogP contribution in [0.3, 0.4) is 0 Å². The van der Waals surface area contributed by atoms with Crippen molar-refractivity contribution < 1.29 is 9.18 Å². The van der Waals surface area contributed by atoms with E-state index in [1.54, 1.807) is 23.7 Å². The van der Waals surface area contributed by atoms with E-state index in [1.165, 1.54) is 6.07 Å². The molecule has 150 valence electrons. The number of nitrogens with zero attached hydrogens (tertiary/aromatic N) is 3. The third kappa shape index (κ3) is 4.87. The number of aromatic nitrogens is 2. The molecule has 0 spiro atoms. The number of amides is 1. The molecule has 0 aliphatic carbocycles. The molecule has 1 heterocycles. The number of anilines is 1. The van der Waals surface area contributed by atoms with Crippen LogP contribution in [0.1, 0.15) is 32.9 Å². The van der Waals surface area contributed by atoms with E-state index in [2.05, 4.69) is 20.7 Å². The molecule has 0 atom stereocenters. The van der Waals surface area contributed by atoms with Crippen molar-refractivity contribution >= 4 is 17.6 Å². The highest BCUT2D eigenvalue weighted by molar-refractivity contribution is 6.09. The van der Waals surface area contributed by atoms with Crippen molar-refractivity contribution in [3.8, 4) is 0 Å². The Hall–Kier alpha value is -3.48. The number of rotatable bonds is 4. The van der Waals surface area contributed by atoms with Crippen LogP contribution in [0, 0.1) is 26.6 Å². The van der Waals surface area contributed by atoms with Gasteiger partial charge < -0.3 is 5.32 Å². The number of halogens is 1. The van der Waals surface area contributed by atoms with Crippen molar-refractivity contribution in [2.45, 2.75) is 27.3 Å². The molecule has 0 aliphatic heterocycles. The fourth-order valence-electron chi connectivity index (χ4n) is 2.89. The monoisotopic (exact) mass is 393 g/mol. The Balaban J connectivity index is 1.85. The van der Waals surface area contributed by atoms with Gasteiger partial charge in [0.25, 0.3) is 5.91 Å². The summed E-state index contributed by atoms with van der Waals surface area (Å²) in [5, 5.41) is 10.3. The SMILES string of the molecule is Cc1ccc(C(=O)NC(=NCc2c(C)nn(C)c2C)Nc2ccccc2)cc1F. The van der Waals surface area contributed by atoms with E-state index < -0.39 is 11.7 Å². The zero-order chi connectivity index (χ0) is 21.0. The van der Waals surface area contributed by atoms with Crippen molar-refractivity contribution in [1.82, 2.24) is 15.1 Å². The van der Waals surface area contributed by atoms with E-state index in [0.29, 0.717) is 12.1 Å². The van der Waals surface area contributed by atoms with Crippen LogP contribution in [0.15, 0.2) is 53.5 Å². The fraction of sp³-hybridized carbons (Fsp3) is 0.227. The van der Waals surface area contributed by atoms with Crippen molar-refractivity contribution in [1.29, 1.82) is 0 Å². The molecule has 6 nitrogen and oxygen atoms in total. The van der Waals surface area contributed by atoms with Crippen LogP contribution in [0.5, 0.6) is 0 Å². The Kier molecular flexibility index (Phi) is 6.07. The van der Waals surface area contributed by atoms with Gasteiger partial charge in [-0.15, -0.1) is 0 Å². The number of para-hydroxylation sites is 1. The first kappa shape index (κ1) is 20.3. The molecule has 0 radical (unpaired) electrons. The summed E-state index contributed by atoms with van der Waals surface area (Å²) in [6, 6.07) is 13.8. The maximum atomic E-state index is 13.8. The van der Waals surface area contributed by atoms with Gasteiger partial charge in [-0.25, -0.2) is 9.38 Å². The standard InChI is InChI=1S/C22H24FN5O/c1-14-10-11-17(12-20(14)23)21(29)26-22(25-18-8-6-5-7-9-18)24-13-19-15(2)27-28(4)16(19)3/h5-12H,13H2,1-4H3,(H2,24,25,26,29). The highest BCUT2D eigenvalue weighted by atomic mass is 19.1. The van der Waals surface area contributed by atoms with Gasteiger partial charge in [0.2, 0.25) is 5.96 Å². The largest absolute Gasteiger partial charge is 0.326 e. The van der Waals surface area contributed by atoms with Crippen LogP contribution >= 0.6 is 0 Å². The average molecular weight is 393 g/mol. The number of benzene rings is 2. The Labute approximate surface area is 169 Å². The maximum Gasteiger partial charge on any atom is 0.258 e. The zero-order valence-electron chi connectivity index (χ0n) is 17.0. The number of aliphatic imine (C=N–C) groups is 1. The molecule has 1 aromatic heterocycles. The summed E-state index contributed by atoms with van der Waals surface area (Å²) in [5.74, 6) is -0.579. The minimum Gasteiger partial charge on any atom is -0.326 e. The predicted octanol–water partition coefficient (Wildman–Crippen LogP) is 3.88. The normalized spacial score (nSPS) is 11.4. The minimum absolute atomic E-state index is 0.226. The lowest BCUT2D eigenvalue weighted by atomic mass is 10.1. The van der Waals surface area contributed by atoms with E-state index in [4.69, 9.17) is 0 Å². The van der Waals surface area contributed by atoms with E-state index in [0.717, 1.165) is 22.6 Å². The van der Waals surface area contributed by atoms with Crippen LogP contribution in [-0.2, 0) is 13.6 Å². The molecule has 0 saturated carbocycles. The van der Waals surface area contributed by atoms with Crippen LogP contribution in [0.4, 0.5) is 10.1 Å². The molecule has 3 rings (SSSR count). The van der Waals surface area contributed by atoms with Gasteiger partial charge in [0, 0.05) is 29.6 Å². The summed E-state index contributed by atoms with van der Waals surface area (Å²) in [7, 11) is 1.88. The van der Waals surface area contributed by atoms with Gasteiger partial charge in [-0.2, -0.15) is 5.10 Å². The van der Waals surface area contributed by atoms with Crippen LogP contribution in [-0.4, -0.2) is 21.6 Å². The van der Waals surface area contributed by atoms with Crippen molar-refractivity contribution in [2.75, 3.05) is 5.32 Å². The Bertz CT molecular complexity index is 1060. The van der Waals surface area contributed by atoms with Crippen LogP contribution in [0.25, 0.3) is 0 Å². The highest BCUT2D eigenvalue weighted by Crippen LogP contribution is 2.14. The summed E-state index contributed by atoms with van der Waals surface area (Å²) >= 11 is 0. The summed E-state index contributed by atoms with van der Waals surface area (Å²) in [4.78, 5) is 17.2. The number of carbonyl (C=O) groups excluding carboxylic acids is 1. The lowest BCUT2D eigenvalue weighted by Crippen LogP contribution is -2.36. The first-order valence-electron chi connectivity index (χ1n) is 9.28. The molecule has 29 heavy (non-hydrogen) atoms. The summed E-state index contributed by atoms with van der Waals surface area (Å²) in [6.45, 7) is 5.90. The van der Waals surface area contributed by atoms with Crippen molar-refractivity contribution in [3.63, 3.8) is 0 Å². The second kappa shape index (κ2) is 8.68. The lowest BCUT2D eigenvalue weighted by molar-refractivity contribution is 0.0976. The number of hydrogen-bond donors (Lipinski definition) is 2. The van der Waals surface area contributed by atoms with Gasteiger partial charge in [0.05, 0.1) is 12.2 Å². The third-order valence-corrected chi connectivity index (χ3v) is 4.76. The molecule has 0 fully saturated rings. The Morgan fingerprint density at radius 1 is 1.14 bits per heavy atom. The second-order valence-electron chi connectivity index (χ2n) is 6.85. The first-order valence-corrected chi connectivity index (χ1v) is 9.28. The lowest BCUT2D eigenvalue weighted by Gasteiger charge is -2.12. The number of aryl methyl sites for hydroxylation is 3. The van der Waals surface area contributed by atoms with E-state index in [1.807, 2.05) is 51.2 Å². The molecule has 0 saturated heterocycles. The molecule has 0 bridgehead atoms. The number of guanidine groups is 1. The van der Waals surface area contributed by atoms with E-state index in [-0.39, 0.29) is 11.5 Å². The van der Waals surface area contributed by atoms with E-state index >= 15 is 0 Å².